The fraction of sp³-hybridized carbons (Fsp3) is 0.150. The SMILES string of the molecule is Cc1ccc(Cl)cc1S(=O)(=O)NCCOc1ccc2nnc(-c3cccc(F)c3)n2n1. The molecule has 0 spiro atoms. The molecule has 0 amide bonds. The van der Waals surface area contributed by atoms with Crippen LogP contribution in [0.4, 0.5) is 4.39 Å². The lowest BCUT2D eigenvalue weighted by Crippen LogP contribution is -2.29. The Morgan fingerprint density at radius 2 is 1.97 bits per heavy atom. The van der Waals surface area contributed by atoms with Gasteiger partial charge in [0.25, 0.3) is 0 Å². The Morgan fingerprint density at radius 3 is 2.77 bits per heavy atom. The molecule has 0 saturated heterocycles. The first kappa shape index (κ1) is 21.2. The van der Waals surface area contributed by atoms with E-state index in [2.05, 4.69) is 20.0 Å². The molecule has 11 heteroatoms. The lowest BCUT2D eigenvalue weighted by molar-refractivity contribution is 0.306. The number of sulfonamides is 1. The number of halogens is 2. The van der Waals surface area contributed by atoms with Crippen molar-refractivity contribution >= 4 is 27.3 Å². The maximum atomic E-state index is 13.5. The van der Waals surface area contributed by atoms with Gasteiger partial charge in [-0.2, -0.15) is 4.52 Å². The van der Waals surface area contributed by atoms with Gasteiger partial charge < -0.3 is 4.74 Å². The molecular weight excluding hydrogens is 445 g/mol. The molecule has 0 fully saturated rings. The largest absolute Gasteiger partial charge is 0.475 e. The number of aromatic nitrogens is 4. The van der Waals surface area contributed by atoms with Gasteiger partial charge >= 0.3 is 0 Å². The van der Waals surface area contributed by atoms with Crippen molar-refractivity contribution in [2.45, 2.75) is 11.8 Å². The Bertz CT molecular complexity index is 1360. The Kier molecular flexibility index (Phi) is 5.86. The average molecular weight is 462 g/mol. The number of ether oxygens (including phenoxy) is 1. The van der Waals surface area contributed by atoms with Crippen molar-refractivity contribution in [3.8, 4) is 17.3 Å². The normalized spacial score (nSPS) is 11.7. The molecule has 0 atom stereocenters. The third-order valence-electron chi connectivity index (χ3n) is 4.40. The minimum Gasteiger partial charge on any atom is -0.475 e. The van der Waals surface area contributed by atoms with E-state index in [9.17, 15) is 12.8 Å². The van der Waals surface area contributed by atoms with Crippen LogP contribution in [0.1, 0.15) is 5.56 Å². The summed E-state index contributed by atoms with van der Waals surface area (Å²) in [6.07, 6.45) is 0. The third-order valence-corrected chi connectivity index (χ3v) is 6.24. The number of fused-ring (bicyclic) bond motifs is 1. The minimum absolute atomic E-state index is 0.0208. The van der Waals surface area contributed by atoms with Gasteiger partial charge in [-0.25, -0.2) is 17.5 Å². The topological polar surface area (TPSA) is 98.5 Å². The van der Waals surface area contributed by atoms with E-state index in [1.54, 1.807) is 43.3 Å². The summed E-state index contributed by atoms with van der Waals surface area (Å²) in [5.74, 6) is 0.198. The lowest BCUT2D eigenvalue weighted by atomic mass is 10.2. The third kappa shape index (κ3) is 4.66. The highest BCUT2D eigenvalue weighted by Crippen LogP contribution is 2.21. The smallest absolute Gasteiger partial charge is 0.240 e. The van der Waals surface area contributed by atoms with Crippen LogP contribution >= 0.6 is 11.6 Å². The number of hydrogen-bond acceptors (Lipinski definition) is 6. The van der Waals surface area contributed by atoms with Crippen LogP contribution in [0, 0.1) is 12.7 Å². The predicted octanol–water partition coefficient (Wildman–Crippen LogP) is 3.25. The molecule has 0 aliphatic carbocycles. The zero-order valence-electron chi connectivity index (χ0n) is 16.3. The molecule has 0 aliphatic heterocycles. The summed E-state index contributed by atoms with van der Waals surface area (Å²) < 4.78 is 48.0. The molecule has 4 rings (SSSR count). The summed E-state index contributed by atoms with van der Waals surface area (Å²) in [7, 11) is -3.74. The molecule has 2 heterocycles. The Labute approximate surface area is 182 Å². The molecule has 0 radical (unpaired) electrons. The number of benzene rings is 2. The number of nitrogens with one attached hydrogen (secondary N) is 1. The van der Waals surface area contributed by atoms with E-state index in [0.29, 0.717) is 27.6 Å². The van der Waals surface area contributed by atoms with Crippen molar-refractivity contribution in [3.63, 3.8) is 0 Å². The van der Waals surface area contributed by atoms with E-state index in [4.69, 9.17) is 16.3 Å². The first-order chi connectivity index (χ1) is 14.8. The Hall–Kier alpha value is -3.08. The fourth-order valence-electron chi connectivity index (χ4n) is 2.93. The van der Waals surface area contributed by atoms with Gasteiger partial charge in [-0.1, -0.05) is 29.8 Å². The van der Waals surface area contributed by atoms with Gasteiger partial charge in [0.15, 0.2) is 11.5 Å². The zero-order valence-corrected chi connectivity index (χ0v) is 17.9. The molecular formula is C20H17ClFN5O3S. The average Bonchev–Trinajstić information content (AvgIpc) is 3.16. The van der Waals surface area contributed by atoms with E-state index >= 15 is 0 Å². The van der Waals surface area contributed by atoms with Crippen LogP contribution in [0.3, 0.4) is 0 Å². The van der Waals surface area contributed by atoms with Crippen molar-refractivity contribution < 1.29 is 17.5 Å². The van der Waals surface area contributed by atoms with Crippen molar-refractivity contribution in [2.75, 3.05) is 13.2 Å². The highest BCUT2D eigenvalue weighted by atomic mass is 35.5. The standard InChI is InChI=1S/C20H17ClFN5O3S/c1-13-5-6-15(21)12-17(13)31(28,29)23-9-10-30-19-8-7-18-24-25-20(27(18)26-19)14-3-2-4-16(22)11-14/h2-8,11-12,23H,9-10H2,1H3. The van der Waals surface area contributed by atoms with Crippen molar-refractivity contribution in [1.29, 1.82) is 0 Å². The summed E-state index contributed by atoms with van der Waals surface area (Å²) in [4.78, 5) is 0.115. The number of aryl methyl sites for hydroxylation is 1. The first-order valence-electron chi connectivity index (χ1n) is 9.20. The number of rotatable bonds is 7. The quantitative estimate of drug-likeness (QED) is 0.424. The molecule has 2 aromatic heterocycles. The van der Waals surface area contributed by atoms with Gasteiger partial charge in [-0.3, -0.25) is 0 Å². The molecule has 0 saturated carbocycles. The molecule has 31 heavy (non-hydrogen) atoms. The first-order valence-corrected chi connectivity index (χ1v) is 11.1. The number of hydrogen-bond donors (Lipinski definition) is 1. The van der Waals surface area contributed by atoms with Crippen molar-refractivity contribution in [3.05, 3.63) is 71.0 Å². The highest BCUT2D eigenvalue weighted by Gasteiger charge is 2.17. The van der Waals surface area contributed by atoms with E-state index in [1.165, 1.54) is 22.7 Å². The summed E-state index contributed by atoms with van der Waals surface area (Å²) in [5.41, 5.74) is 1.56. The lowest BCUT2D eigenvalue weighted by Gasteiger charge is -2.10. The van der Waals surface area contributed by atoms with E-state index in [1.807, 2.05) is 0 Å². The summed E-state index contributed by atoms with van der Waals surface area (Å²) >= 11 is 5.91. The molecule has 2 aromatic carbocycles. The van der Waals surface area contributed by atoms with Crippen molar-refractivity contribution in [2.24, 2.45) is 0 Å². The molecule has 0 bridgehead atoms. The molecule has 4 aromatic rings. The monoisotopic (exact) mass is 461 g/mol. The Morgan fingerprint density at radius 1 is 1.13 bits per heavy atom. The van der Waals surface area contributed by atoms with Gasteiger partial charge in [-0.15, -0.1) is 15.3 Å². The second kappa shape index (κ2) is 8.58. The van der Waals surface area contributed by atoms with Gasteiger partial charge in [-0.05, 0) is 42.8 Å². The van der Waals surface area contributed by atoms with Gasteiger partial charge in [0.2, 0.25) is 15.9 Å². The van der Waals surface area contributed by atoms with Crippen LogP contribution in [0.15, 0.2) is 59.5 Å². The second-order valence-corrected chi connectivity index (χ2v) is 8.80. The van der Waals surface area contributed by atoms with Gasteiger partial charge in [0, 0.05) is 23.2 Å². The van der Waals surface area contributed by atoms with Crippen LogP contribution in [0.5, 0.6) is 5.88 Å². The molecule has 160 valence electrons. The predicted molar refractivity (Wildman–Crippen MR) is 113 cm³/mol. The highest BCUT2D eigenvalue weighted by molar-refractivity contribution is 7.89. The van der Waals surface area contributed by atoms with Crippen LogP contribution in [0.25, 0.3) is 17.0 Å². The molecule has 0 aliphatic rings. The van der Waals surface area contributed by atoms with E-state index in [-0.39, 0.29) is 23.9 Å². The number of nitrogens with zero attached hydrogens (tertiary/aromatic N) is 4. The van der Waals surface area contributed by atoms with Gasteiger partial charge in [0.1, 0.15) is 12.4 Å². The molecule has 0 unspecified atom stereocenters. The molecule has 1 N–H and O–H groups in total. The molecule has 8 nitrogen and oxygen atoms in total. The van der Waals surface area contributed by atoms with Crippen LogP contribution in [-0.2, 0) is 10.0 Å². The van der Waals surface area contributed by atoms with Crippen molar-refractivity contribution in [1.82, 2.24) is 24.5 Å². The zero-order chi connectivity index (χ0) is 22.0. The summed E-state index contributed by atoms with van der Waals surface area (Å²) in [5, 5.41) is 12.7. The van der Waals surface area contributed by atoms with Crippen LogP contribution in [-0.4, -0.2) is 41.4 Å². The minimum atomic E-state index is -3.74. The summed E-state index contributed by atoms with van der Waals surface area (Å²) in [6.45, 7) is 1.75. The van der Waals surface area contributed by atoms with Crippen LogP contribution < -0.4 is 9.46 Å². The van der Waals surface area contributed by atoms with Gasteiger partial charge in [0.05, 0.1) is 4.90 Å². The fourth-order valence-corrected chi connectivity index (χ4v) is 4.45. The van der Waals surface area contributed by atoms with Crippen LogP contribution in [0.2, 0.25) is 5.02 Å². The maximum Gasteiger partial charge on any atom is 0.240 e. The second-order valence-electron chi connectivity index (χ2n) is 6.63. The van der Waals surface area contributed by atoms with E-state index in [0.717, 1.165) is 0 Å². The maximum absolute atomic E-state index is 13.5. The Balaban J connectivity index is 1.45. The summed E-state index contributed by atoms with van der Waals surface area (Å²) in [6, 6.07) is 13.8. The van der Waals surface area contributed by atoms with E-state index < -0.39 is 15.8 Å².